The lowest BCUT2D eigenvalue weighted by Crippen LogP contribution is -2.48. The summed E-state index contributed by atoms with van der Waals surface area (Å²) < 4.78 is 1.68. The Labute approximate surface area is 178 Å². The minimum Gasteiger partial charge on any atom is -0.354 e. The number of anilines is 2. The lowest BCUT2D eigenvalue weighted by molar-refractivity contribution is 0.266. The first-order valence-corrected chi connectivity index (χ1v) is 10.3. The number of H-pyrrole nitrogens is 1. The fourth-order valence-electron chi connectivity index (χ4n) is 3.72. The molecular formula is C21H23N9O. The highest BCUT2D eigenvalue weighted by molar-refractivity contribution is 5.76. The van der Waals surface area contributed by atoms with Crippen molar-refractivity contribution in [2.24, 2.45) is 0 Å². The van der Waals surface area contributed by atoms with Gasteiger partial charge < -0.3 is 10.2 Å². The number of rotatable bonds is 6. The maximum Gasteiger partial charge on any atom is 0.263 e. The van der Waals surface area contributed by atoms with Crippen LogP contribution < -0.4 is 15.8 Å². The molecule has 0 spiro atoms. The van der Waals surface area contributed by atoms with Crippen molar-refractivity contribution in [2.45, 2.75) is 0 Å². The summed E-state index contributed by atoms with van der Waals surface area (Å²) in [5, 5.41) is 8.05. The largest absolute Gasteiger partial charge is 0.354 e. The Bertz CT molecular complexity index is 1200. The average molecular weight is 417 g/mol. The molecule has 0 saturated carbocycles. The highest BCUT2D eigenvalue weighted by Gasteiger charge is 2.18. The van der Waals surface area contributed by atoms with E-state index in [2.05, 4.69) is 40.2 Å². The molecule has 0 amide bonds. The zero-order valence-electron chi connectivity index (χ0n) is 17.0. The summed E-state index contributed by atoms with van der Waals surface area (Å²) in [6.07, 6.45) is 5.09. The van der Waals surface area contributed by atoms with E-state index in [1.54, 1.807) is 23.3 Å². The number of hydrogen-bond donors (Lipinski definition) is 2. The maximum atomic E-state index is 12.5. The molecular weight excluding hydrogens is 394 g/mol. The van der Waals surface area contributed by atoms with Crippen molar-refractivity contribution in [1.29, 1.82) is 0 Å². The van der Waals surface area contributed by atoms with Gasteiger partial charge in [-0.3, -0.25) is 14.7 Å². The van der Waals surface area contributed by atoms with Gasteiger partial charge in [-0.2, -0.15) is 10.1 Å². The van der Waals surface area contributed by atoms with Gasteiger partial charge in [0.05, 0.1) is 11.9 Å². The molecule has 1 aliphatic rings. The minimum atomic E-state index is -0.203. The summed E-state index contributed by atoms with van der Waals surface area (Å²) in [5.74, 6) is 1.23. The zero-order valence-corrected chi connectivity index (χ0v) is 17.0. The van der Waals surface area contributed by atoms with Crippen molar-refractivity contribution in [3.8, 4) is 5.69 Å². The van der Waals surface area contributed by atoms with Crippen molar-refractivity contribution in [2.75, 3.05) is 49.5 Å². The Hall–Kier alpha value is -3.79. The normalized spacial score (nSPS) is 14.8. The third-order valence-electron chi connectivity index (χ3n) is 5.37. The molecule has 1 saturated heterocycles. The van der Waals surface area contributed by atoms with Crippen molar-refractivity contribution in [3.05, 3.63) is 65.3 Å². The smallest absolute Gasteiger partial charge is 0.263 e. The van der Waals surface area contributed by atoms with Gasteiger partial charge in [0.25, 0.3) is 5.56 Å². The molecule has 2 N–H and O–H groups in total. The predicted octanol–water partition coefficient (Wildman–Crippen LogP) is 1.13. The third-order valence-corrected chi connectivity index (χ3v) is 5.37. The van der Waals surface area contributed by atoms with Crippen LogP contribution in [0, 0.1) is 0 Å². The van der Waals surface area contributed by atoms with Crippen LogP contribution >= 0.6 is 0 Å². The Balaban J connectivity index is 1.21. The van der Waals surface area contributed by atoms with E-state index in [-0.39, 0.29) is 5.56 Å². The van der Waals surface area contributed by atoms with E-state index in [1.807, 2.05) is 36.4 Å². The van der Waals surface area contributed by atoms with Crippen molar-refractivity contribution in [1.82, 2.24) is 34.6 Å². The van der Waals surface area contributed by atoms with Crippen molar-refractivity contribution >= 4 is 22.9 Å². The molecule has 3 aromatic heterocycles. The van der Waals surface area contributed by atoms with E-state index in [9.17, 15) is 4.79 Å². The number of aromatic nitrogens is 6. The van der Waals surface area contributed by atoms with Gasteiger partial charge in [-0.05, 0) is 18.2 Å². The highest BCUT2D eigenvalue weighted by Crippen LogP contribution is 2.14. The van der Waals surface area contributed by atoms with Crippen LogP contribution in [0.15, 0.2) is 59.8 Å². The zero-order chi connectivity index (χ0) is 21.0. The summed E-state index contributed by atoms with van der Waals surface area (Å²) >= 11 is 0. The topological polar surface area (TPSA) is 108 Å². The number of hydrogen-bond acceptors (Lipinski definition) is 8. The van der Waals surface area contributed by atoms with Crippen LogP contribution in [0.5, 0.6) is 0 Å². The standard InChI is InChI=1S/C21H23N9O/c31-19-17-15-25-30(16-5-2-1-3-6-16)18(17)26-20(27-19)22-9-10-28-11-13-29(14-12-28)21-23-7-4-8-24-21/h1-8,15H,9-14H2,(H2,22,26,27,31). The average Bonchev–Trinajstić information content (AvgIpc) is 3.25. The summed E-state index contributed by atoms with van der Waals surface area (Å²) in [5.41, 5.74) is 1.20. The van der Waals surface area contributed by atoms with Crippen LogP contribution in [-0.4, -0.2) is 73.9 Å². The molecule has 1 fully saturated rings. The lowest BCUT2D eigenvalue weighted by Gasteiger charge is -2.34. The molecule has 0 aliphatic carbocycles. The van der Waals surface area contributed by atoms with E-state index in [0.29, 0.717) is 23.5 Å². The molecule has 0 atom stereocenters. The Morgan fingerprint density at radius 2 is 1.77 bits per heavy atom. The molecule has 0 bridgehead atoms. The van der Waals surface area contributed by atoms with E-state index in [4.69, 9.17) is 0 Å². The van der Waals surface area contributed by atoms with Gasteiger partial charge >= 0.3 is 0 Å². The second-order valence-corrected chi connectivity index (χ2v) is 7.35. The summed E-state index contributed by atoms with van der Waals surface area (Å²) in [6, 6.07) is 11.5. The van der Waals surface area contributed by atoms with E-state index < -0.39 is 0 Å². The molecule has 4 aromatic rings. The fraction of sp³-hybridized carbons (Fsp3) is 0.286. The number of fused-ring (bicyclic) bond motifs is 1. The number of piperazine rings is 1. The summed E-state index contributed by atoms with van der Waals surface area (Å²) in [7, 11) is 0. The van der Waals surface area contributed by atoms with E-state index in [0.717, 1.165) is 44.4 Å². The quantitative estimate of drug-likeness (QED) is 0.481. The van der Waals surface area contributed by atoms with E-state index >= 15 is 0 Å². The fourth-order valence-corrected chi connectivity index (χ4v) is 3.72. The first-order valence-electron chi connectivity index (χ1n) is 10.3. The summed E-state index contributed by atoms with van der Waals surface area (Å²) in [6.45, 7) is 5.18. The molecule has 1 aromatic carbocycles. The van der Waals surface area contributed by atoms with Gasteiger partial charge in [0.15, 0.2) is 5.65 Å². The van der Waals surface area contributed by atoms with Crippen LogP contribution in [0.25, 0.3) is 16.7 Å². The van der Waals surface area contributed by atoms with Crippen LogP contribution in [-0.2, 0) is 0 Å². The number of para-hydroxylation sites is 1. The molecule has 5 rings (SSSR count). The molecule has 10 nitrogen and oxygen atoms in total. The van der Waals surface area contributed by atoms with Crippen molar-refractivity contribution < 1.29 is 0 Å². The minimum absolute atomic E-state index is 0.203. The second-order valence-electron chi connectivity index (χ2n) is 7.35. The van der Waals surface area contributed by atoms with Gasteiger partial charge in [-0.1, -0.05) is 18.2 Å². The molecule has 10 heteroatoms. The third kappa shape index (κ3) is 4.10. The molecule has 31 heavy (non-hydrogen) atoms. The highest BCUT2D eigenvalue weighted by atomic mass is 16.1. The number of benzene rings is 1. The Morgan fingerprint density at radius 3 is 2.55 bits per heavy atom. The second kappa shape index (κ2) is 8.52. The van der Waals surface area contributed by atoms with Crippen LogP contribution in [0.1, 0.15) is 0 Å². The first kappa shape index (κ1) is 19.2. The predicted molar refractivity (Wildman–Crippen MR) is 119 cm³/mol. The van der Waals surface area contributed by atoms with Gasteiger partial charge in [-0.15, -0.1) is 0 Å². The maximum absolute atomic E-state index is 12.5. The van der Waals surface area contributed by atoms with Crippen molar-refractivity contribution in [3.63, 3.8) is 0 Å². The van der Waals surface area contributed by atoms with Gasteiger partial charge in [0.2, 0.25) is 11.9 Å². The molecule has 1 aliphatic heterocycles. The summed E-state index contributed by atoms with van der Waals surface area (Å²) in [4.78, 5) is 33.1. The molecule has 0 unspecified atom stereocenters. The lowest BCUT2D eigenvalue weighted by atomic mass is 10.3. The van der Waals surface area contributed by atoms with Crippen LogP contribution in [0.3, 0.4) is 0 Å². The first-order chi connectivity index (χ1) is 15.3. The van der Waals surface area contributed by atoms with Gasteiger partial charge in [0, 0.05) is 51.7 Å². The number of nitrogens with one attached hydrogen (secondary N) is 2. The van der Waals surface area contributed by atoms with Gasteiger partial charge in [0.1, 0.15) is 5.39 Å². The van der Waals surface area contributed by atoms with Crippen LogP contribution in [0.2, 0.25) is 0 Å². The molecule has 0 radical (unpaired) electrons. The van der Waals surface area contributed by atoms with Gasteiger partial charge in [-0.25, -0.2) is 14.6 Å². The Morgan fingerprint density at radius 1 is 1.00 bits per heavy atom. The van der Waals surface area contributed by atoms with Crippen LogP contribution in [0.4, 0.5) is 11.9 Å². The SMILES string of the molecule is O=c1[nH]c(NCCN2CCN(c3ncccn3)CC2)nc2c1cnn2-c1ccccc1. The monoisotopic (exact) mass is 417 g/mol. The number of nitrogens with zero attached hydrogens (tertiary/aromatic N) is 7. The molecule has 4 heterocycles. The Kier molecular flexibility index (Phi) is 5.28. The molecule has 158 valence electrons. The van der Waals surface area contributed by atoms with E-state index in [1.165, 1.54) is 0 Å². The number of aromatic amines is 1.